The first-order valence-electron chi connectivity index (χ1n) is 7.10. The van der Waals surface area contributed by atoms with E-state index in [0.717, 1.165) is 12.8 Å². The van der Waals surface area contributed by atoms with Gasteiger partial charge in [0.05, 0.1) is 11.4 Å². The molecule has 2 atom stereocenters. The summed E-state index contributed by atoms with van der Waals surface area (Å²) < 4.78 is 27.6. The number of aromatic nitrogens is 2. The van der Waals surface area contributed by atoms with Gasteiger partial charge in [0.2, 0.25) is 10.0 Å². The van der Waals surface area contributed by atoms with Crippen molar-refractivity contribution in [3.05, 3.63) is 11.4 Å². The molecule has 0 amide bonds. The molecule has 0 radical (unpaired) electrons. The maximum absolute atomic E-state index is 13.0. The van der Waals surface area contributed by atoms with Gasteiger partial charge >= 0.3 is 0 Å². The maximum Gasteiger partial charge on any atom is 0.247 e. The number of aromatic amines is 1. The number of hydrogen-bond donors (Lipinski definition) is 2. The Morgan fingerprint density at radius 3 is 2.80 bits per heavy atom. The molecule has 0 aliphatic carbocycles. The zero-order chi connectivity index (χ0) is 14.9. The number of aryl methyl sites for hydroxylation is 1. The molecule has 6 nitrogen and oxygen atoms in total. The Morgan fingerprint density at radius 1 is 1.45 bits per heavy atom. The Kier molecular flexibility index (Phi) is 4.51. The molecule has 20 heavy (non-hydrogen) atoms. The van der Waals surface area contributed by atoms with Crippen LogP contribution in [0.3, 0.4) is 0 Å². The van der Waals surface area contributed by atoms with E-state index in [9.17, 15) is 8.42 Å². The Bertz CT molecular complexity index is 567. The van der Waals surface area contributed by atoms with Gasteiger partial charge in [-0.05, 0) is 39.7 Å². The summed E-state index contributed by atoms with van der Waals surface area (Å²) >= 11 is 0. The lowest BCUT2D eigenvalue weighted by atomic mass is 9.94. The van der Waals surface area contributed by atoms with Gasteiger partial charge in [-0.15, -0.1) is 0 Å². The van der Waals surface area contributed by atoms with Crippen molar-refractivity contribution in [3.63, 3.8) is 0 Å². The van der Waals surface area contributed by atoms with E-state index in [1.165, 1.54) is 0 Å². The molecule has 1 aromatic rings. The third-order valence-corrected chi connectivity index (χ3v) is 6.38. The van der Waals surface area contributed by atoms with Crippen LogP contribution >= 0.6 is 0 Å². The smallest absolute Gasteiger partial charge is 0.247 e. The standard InChI is InChI=1S/C13H24N4O2S/c1-9-6-5-7-17(11(9)3)20(18,19)13-10(2)15-16-12(13)8-14-4/h9,11,14H,5-8H2,1-4H3,(H,15,16). The Hall–Kier alpha value is -0.920. The molecular weight excluding hydrogens is 276 g/mol. The molecule has 114 valence electrons. The van der Waals surface area contributed by atoms with Crippen LogP contribution in [0.25, 0.3) is 0 Å². The van der Waals surface area contributed by atoms with Gasteiger partial charge in [-0.2, -0.15) is 9.40 Å². The summed E-state index contributed by atoms with van der Waals surface area (Å²) in [5, 5.41) is 9.88. The minimum absolute atomic E-state index is 0.0329. The average molecular weight is 300 g/mol. The predicted octanol–water partition coefficient (Wildman–Crippen LogP) is 1.25. The number of H-pyrrole nitrogens is 1. The van der Waals surface area contributed by atoms with Crippen molar-refractivity contribution < 1.29 is 8.42 Å². The number of nitrogens with one attached hydrogen (secondary N) is 2. The molecule has 0 aromatic carbocycles. The molecule has 1 saturated heterocycles. The van der Waals surface area contributed by atoms with Crippen LogP contribution in [-0.2, 0) is 16.6 Å². The van der Waals surface area contributed by atoms with Crippen LogP contribution in [0.15, 0.2) is 4.90 Å². The molecule has 2 N–H and O–H groups in total. The van der Waals surface area contributed by atoms with Crippen LogP contribution in [0.1, 0.15) is 38.1 Å². The van der Waals surface area contributed by atoms with Crippen molar-refractivity contribution >= 4 is 10.0 Å². The Balaban J connectivity index is 2.42. The van der Waals surface area contributed by atoms with Crippen LogP contribution in [0, 0.1) is 12.8 Å². The van der Waals surface area contributed by atoms with Gasteiger partial charge in [-0.25, -0.2) is 8.42 Å². The van der Waals surface area contributed by atoms with Gasteiger partial charge in [0.25, 0.3) is 0 Å². The zero-order valence-corrected chi connectivity index (χ0v) is 13.4. The number of hydrogen-bond acceptors (Lipinski definition) is 4. The van der Waals surface area contributed by atoms with Crippen LogP contribution in [0.2, 0.25) is 0 Å². The predicted molar refractivity (Wildman–Crippen MR) is 77.8 cm³/mol. The summed E-state index contributed by atoms with van der Waals surface area (Å²) in [5.41, 5.74) is 1.18. The number of rotatable bonds is 4. The van der Waals surface area contributed by atoms with Gasteiger partial charge in [-0.3, -0.25) is 5.10 Å². The molecule has 0 saturated carbocycles. The van der Waals surface area contributed by atoms with Gasteiger partial charge in [-0.1, -0.05) is 6.92 Å². The molecule has 7 heteroatoms. The van der Waals surface area contributed by atoms with Gasteiger partial charge in [0, 0.05) is 19.1 Å². The molecule has 1 aliphatic rings. The van der Waals surface area contributed by atoms with E-state index in [1.54, 1.807) is 18.3 Å². The van der Waals surface area contributed by atoms with Crippen molar-refractivity contribution in [1.29, 1.82) is 0 Å². The van der Waals surface area contributed by atoms with Crippen molar-refractivity contribution in [3.8, 4) is 0 Å². The Morgan fingerprint density at radius 2 is 2.15 bits per heavy atom. The molecule has 2 unspecified atom stereocenters. The topological polar surface area (TPSA) is 78.1 Å². The first kappa shape index (κ1) is 15.5. The van der Waals surface area contributed by atoms with Crippen molar-refractivity contribution in [2.75, 3.05) is 13.6 Å². The Labute approximate surface area is 121 Å². The van der Waals surface area contributed by atoms with Crippen molar-refractivity contribution in [1.82, 2.24) is 19.8 Å². The fraction of sp³-hybridized carbons (Fsp3) is 0.769. The summed E-state index contributed by atoms with van der Waals surface area (Å²) in [5.74, 6) is 0.387. The quantitative estimate of drug-likeness (QED) is 0.877. The molecule has 1 aliphatic heterocycles. The highest BCUT2D eigenvalue weighted by molar-refractivity contribution is 7.89. The second-order valence-electron chi connectivity index (χ2n) is 5.63. The minimum atomic E-state index is -3.48. The van der Waals surface area contributed by atoms with E-state index < -0.39 is 10.0 Å². The molecule has 1 fully saturated rings. The highest BCUT2D eigenvalue weighted by Gasteiger charge is 2.37. The summed E-state index contributed by atoms with van der Waals surface area (Å²) in [6, 6.07) is 0.0329. The first-order valence-corrected chi connectivity index (χ1v) is 8.54. The lowest BCUT2D eigenvalue weighted by molar-refractivity contribution is 0.202. The lowest BCUT2D eigenvalue weighted by Gasteiger charge is -2.36. The average Bonchev–Trinajstić information content (AvgIpc) is 2.75. The highest BCUT2D eigenvalue weighted by Crippen LogP contribution is 2.30. The van der Waals surface area contributed by atoms with E-state index in [1.807, 2.05) is 6.92 Å². The number of nitrogens with zero attached hydrogens (tertiary/aromatic N) is 2. The summed E-state index contributed by atoms with van der Waals surface area (Å²) in [4.78, 5) is 0.341. The second-order valence-corrected chi connectivity index (χ2v) is 7.46. The van der Waals surface area contributed by atoms with Crippen molar-refractivity contribution in [2.24, 2.45) is 5.92 Å². The SMILES string of the molecule is CNCc1n[nH]c(C)c1S(=O)(=O)N1CCCC(C)C1C. The van der Waals surface area contributed by atoms with Gasteiger partial charge < -0.3 is 5.32 Å². The molecule has 0 bridgehead atoms. The third-order valence-electron chi connectivity index (χ3n) is 4.19. The van der Waals surface area contributed by atoms with Gasteiger partial charge in [0.1, 0.15) is 4.90 Å². The van der Waals surface area contributed by atoms with Gasteiger partial charge in [0.15, 0.2) is 0 Å². The summed E-state index contributed by atoms with van der Waals surface area (Å²) in [6.07, 6.45) is 2.00. The first-order chi connectivity index (χ1) is 9.39. The second kappa shape index (κ2) is 5.83. The number of piperidine rings is 1. The minimum Gasteiger partial charge on any atom is -0.314 e. The third kappa shape index (κ3) is 2.62. The monoisotopic (exact) mass is 300 g/mol. The zero-order valence-electron chi connectivity index (χ0n) is 12.6. The van der Waals surface area contributed by atoms with E-state index in [0.29, 0.717) is 35.3 Å². The van der Waals surface area contributed by atoms with Crippen molar-refractivity contribution in [2.45, 2.75) is 51.1 Å². The summed E-state index contributed by atoms with van der Waals surface area (Å²) in [6.45, 7) is 6.91. The van der Waals surface area contributed by atoms with Crippen LogP contribution in [0.4, 0.5) is 0 Å². The molecule has 0 spiro atoms. The summed E-state index contributed by atoms with van der Waals surface area (Å²) in [7, 11) is -1.70. The fourth-order valence-corrected chi connectivity index (χ4v) is 4.95. The molecular formula is C13H24N4O2S. The van der Waals surface area contributed by atoms with E-state index >= 15 is 0 Å². The molecule has 1 aromatic heterocycles. The fourth-order valence-electron chi connectivity index (χ4n) is 2.85. The molecule has 2 heterocycles. The van der Waals surface area contributed by atoms with E-state index in [2.05, 4.69) is 22.4 Å². The lowest BCUT2D eigenvalue weighted by Crippen LogP contribution is -2.46. The van der Waals surface area contributed by atoms with Crippen LogP contribution in [-0.4, -0.2) is 42.6 Å². The van der Waals surface area contributed by atoms with E-state index in [4.69, 9.17) is 0 Å². The highest BCUT2D eigenvalue weighted by atomic mass is 32.2. The van der Waals surface area contributed by atoms with Crippen LogP contribution < -0.4 is 5.32 Å². The maximum atomic E-state index is 13.0. The largest absolute Gasteiger partial charge is 0.314 e. The number of sulfonamides is 1. The van der Waals surface area contributed by atoms with Crippen LogP contribution in [0.5, 0.6) is 0 Å². The van der Waals surface area contributed by atoms with E-state index in [-0.39, 0.29) is 6.04 Å². The molecule has 2 rings (SSSR count). The normalized spacial score (nSPS) is 25.0.